The molecule has 6 nitrogen and oxygen atoms in total. The van der Waals surface area contributed by atoms with E-state index in [2.05, 4.69) is 34.3 Å². The second-order valence-electron chi connectivity index (χ2n) is 6.11. The highest BCUT2D eigenvalue weighted by atomic mass is 35.5. The molecule has 8 heteroatoms. The molecule has 0 spiro atoms. The number of aromatic nitrogens is 4. The van der Waals surface area contributed by atoms with Gasteiger partial charge in [0, 0.05) is 6.20 Å². The van der Waals surface area contributed by atoms with Crippen LogP contribution in [0.1, 0.15) is 42.5 Å². The van der Waals surface area contributed by atoms with Gasteiger partial charge in [0.1, 0.15) is 10.3 Å². The Kier molecular flexibility index (Phi) is 5.20. The van der Waals surface area contributed by atoms with Crippen LogP contribution in [-0.2, 0) is 0 Å². The number of hydrogen-bond acceptors (Lipinski definition) is 4. The van der Waals surface area contributed by atoms with Gasteiger partial charge in [-0.05, 0) is 36.6 Å². The van der Waals surface area contributed by atoms with Gasteiger partial charge in [0.15, 0.2) is 11.5 Å². The Balaban J connectivity index is 1.92. The van der Waals surface area contributed by atoms with E-state index < -0.39 is 0 Å². The summed E-state index contributed by atoms with van der Waals surface area (Å²) in [5.41, 5.74) is 1.00. The topological polar surface area (TPSA) is 72.2 Å². The second kappa shape index (κ2) is 7.37. The van der Waals surface area contributed by atoms with Gasteiger partial charge >= 0.3 is 0 Å². The summed E-state index contributed by atoms with van der Waals surface area (Å²) in [4.78, 5) is 16.6. The van der Waals surface area contributed by atoms with Gasteiger partial charge in [-0.25, -0.2) is 4.98 Å². The molecule has 1 atom stereocenters. The zero-order valence-electron chi connectivity index (χ0n) is 13.8. The van der Waals surface area contributed by atoms with Crippen molar-refractivity contribution < 1.29 is 4.79 Å². The van der Waals surface area contributed by atoms with E-state index in [4.69, 9.17) is 23.2 Å². The molecule has 3 aromatic heterocycles. The number of amides is 1. The predicted molar refractivity (Wildman–Crippen MR) is 96.9 cm³/mol. The van der Waals surface area contributed by atoms with Gasteiger partial charge in [-0.1, -0.05) is 43.1 Å². The molecule has 1 N–H and O–H groups in total. The summed E-state index contributed by atoms with van der Waals surface area (Å²) in [6.45, 7) is 4.17. The van der Waals surface area contributed by atoms with Crippen molar-refractivity contribution in [2.75, 3.05) is 0 Å². The Morgan fingerprint density at radius 2 is 2.00 bits per heavy atom. The van der Waals surface area contributed by atoms with Gasteiger partial charge in [0.2, 0.25) is 0 Å². The lowest BCUT2D eigenvalue weighted by molar-refractivity contribution is 0.0929. The van der Waals surface area contributed by atoms with Crippen LogP contribution in [0.3, 0.4) is 0 Å². The quantitative estimate of drug-likeness (QED) is 0.683. The molecule has 0 saturated heterocycles. The van der Waals surface area contributed by atoms with E-state index >= 15 is 0 Å². The van der Waals surface area contributed by atoms with E-state index in [1.807, 2.05) is 28.8 Å². The van der Waals surface area contributed by atoms with Crippen LogP contribution in [0.2, 0.25) is 10.3 Å². The van der Waals surface area contributed by atoms with Gasteiger partial charge in [-0.3, -0.25) is 9.20 Å². The molecule has 0 aromatic carbocycles. The molecule has 3 aromatic rings. The van der Waals surface area contributed by atoms with Crippen LogP contribution in [0, 0.1) is 5.92 Å². The van der Waals surface area contributed by atoms with Crippen molar-refractivity contribution in [3.05, 3.63) is 58.2 Å². The number of halogens is 2. The minimum Gasteiger partial charge on any atom is -0.342 e. The van der Waals surface area contributed by atoms with Crippen molar-refractivity contribution in [2.24, 2.45) is 5.92 Å². The lowest BCUT2D eigenvalue weighted by Crippen LogP contribution is -2.31. The SMILES string of the molecule is CC(C)C[C@H](NC(=O)c1ccc(Cl)nc1Cl)c1nnc2ccccn12. The summed E-state index contributed by atoms with van der Waals surface area (Å²) in [7, 11) is 0. The maximum absolute atomic E-state index is 12.7. The highest BCUT2D eigenvalue weighted by Gasteiger charge is 2.23. The third-order valence-corrected chi connectivity index (χ3v) is 4.22. The fourth-order valence-electron chi connectivity index (χ4n) is 2.62. The average Bonchev–Trinajstić information content (AvgIpc) is 2.97. The van der Waals surface area contributed by atoms with Gasteiger partial charge in [0.25, 0.3) is 5.91 Å². The summed E-state index contributed by atoms with van der Waals surface area (Å²) in [6, 6.07) is 8.44. The molecule has 0 bridgehead atoms. The van der Waals surface area contributed by atoms with Crippen molar-refractivity contribution in [1.29, 1.82) is 0 Å². The van der Waals surface area contributed by atoms with E-state index in [1.165, 1.54) is 6.07 Å². The summed E-state index contributed by atoms with van der Waals surface area (Å²) in [6.07, 6.45) is 2.58. The highest BCUT2D eigenvalue weighted by molar-refractivity contribution is 6.34. The minimum absolute atomic E-state index is 0.0689. The Morgan fingerprint density at radius 1 is 1.20 bits per heavy atom. The number of hydrogen-bond donors (Lipinski definition) is 1. The lowest BCUT2D eigenvalue weighted by Gasteiger charge is -2.19. The monoisotopic (exact) mass is 377 g/mol. The molecule has 130 valence electrons. The zero-order chi connectivity index (χ0) is 18.0. The molecule has 0 fully saturated rings. The molecule has 0 aliphatic heterocycles. The van der Waals surface area contributed by atoms with Crippen LogP contribution < -0.4 is 5.32 Å². The van der Waals surface area contributed by atoms with Crippen molar-refractivity contribution in [1.82, 2.24) is 24.9 Å². The molecule has 1 amide bonds. The molecule has 0 aliphatic carbocycles. The van der Waals surface area contributed by atoms with E-state index in [1.54, 1.807) is 6.07 Å². The van der Waals surface area contributed by atoms with Gasteiger partial charge in [0.05, 0.1) is 11.6 Å². The Hall–Kier alpha value is -2.18. The summed E-state index contributed by atoms with van der Waals surface area (Å²) < 4.78 is 1.87. The number of rotatable bonds is 5. The van der Waals surface area contributed by atoms with Gasteiger partial charge < -0.3 is 5.32 Å². The Bertz CT molecular complexity index is 909. The molecule has 0 unspecified atom stereocenters. The Labute approximate surface area is 155 Å². The first kappa shape index (κ1) is 17.6. The summed E-state index contributed by atoms with van der Waals surface area (Å²) in [5, 5.41) is 11.7. The van der Waals surface area contributed by atoms with Crippen LogP contribution in [-0.4, -0.2) is 25.5 Å². The van der Waals surface area contributed by atoms with Crippen LogP contribution in [0.15, 0.2) is 36.5 Å². The van der Waals surface area contributed by atoms with Gasteiger partial charge in [-0.15, -0.1) is 10.2 Å². The second-order valence-corrected chi connectivity index (χ2v) is 6.86. The summed E-state index contributed by atoms with van der Waals surface area (Å²) in [5.74, 6) is 0.698. The molecule has 0 radical (unpaired) electrons. The lowest BCUT2D eigenvalue weighted by atomic mass is 10.0. The smallest absolute Gasteiger partial charge is 0.255 e. The van der Waals surface area contributed by atoms with E-state index in [0.29, 0.717) is 18.2 Å². The largest absolute Gasteiger partial charge is 0.342 e. The van der Waals surface area contributed by atoms with Crippen molar-refractivity contribution in [3.63, 3.8) is 0 Å². The van der Waals surface area contributed by atoms with Crippen LogP contribution in [0.4, 0.5) is 0 Å². The van der Waals surface area contributed by atoms with E-state index in [9.17, 15) is 4.79 Å². The first-order valence-electron chi connectivity index (χ1n) is 7.88. The number of nitrogens with zero attached hydrogens (tertiary/aromatic N) is 4. The molecule has 0 aliphatic rings. The van der Waals surface area contributed by atoms with Crippen LogP contribution in [0.25, 0.3) is 5.65 Å². The fraction of sp³-hybridized carbons (Fsp3) is 0.294. The van der Waals surface area contributed by atoms with E-state index in [-0.39, 0.29) is 27.8 Å². The van der Waals surface area contributed by atoms with Crippen molar-refractivity contribution in [2.45, 2.75) is 26.3 Å². The minimum atomic E-state index is -0.326. The number of nitrogens with one attached hydrogen (secondary N) is 1. The van der Waals surface area contributed by atoms with Crippen molar-refractivity contribution >= 4 is 34.8 Å². The standard InChI is InChI=1S/C17H17Cl2N5O/c1-10(2)9-12(16-23-22-14-5-3-4-8-24(14)16)20-17(25)11-6-7-13(18)21-15(11)19/h3-8,10,12H,9H2,1-2H3,(H,20,25)/t12-/m0/s1. The molecular weight excluding hydrogens is 361 g/mol. The first-order chi connectivity index (χ1) is 12.0. The first-order valence-corrected chi connectivity index (χ1v) is 8.64. The van der Waals surface area contributed by atoms with Gasteiger partial charge in [-0.2, -0.15) is 0 Å². The zero-order valence-corrected chi connectivity index (χ0v) is 15.3. The number of pyridine rings is 2. The maximum atomic E-state index is 12.7. The number of fused-ring (bicyclic) bond motifs is 1. The molecule has 25 heavy (non-hydrogen) atoms. The van der Waals surface area contributed by atoms with Crippen molar-refractivity contribution in [3.8, 4) is 0 Å². The molecular formula is C17H17Cl2N5O. The third-order valence-electron chi connectivity index (χ3n) is 3.72. The Morgan fingerprint density at radius 3 is 2.72 bits per heavy atom. The molecule has 3 rings (SSSR count). The number of carbonyl (C=O) groups is 1. The maximum Gasteiger partial charge on any atom is 0.255 e. The predicted octanol–water partition coefficient (Wildman–Crippen LogP) is 3.95. The van der Waals surface area contributed by atoms with Crippen LogP contribution >= 0.6 is 23.2 Å². The van der Waals surface area contributed by atoms with E-state index in [0.717, 1.165) is 5.65 Å². The highest BCUT2D eigenvalue weighted by Crippen LogP contribution is 2.23. The molecule has 3 heterocycles. The normalized spacial score (nSPS) is 12.5. The van der Waals surface area contributed by atoms with Crippen LogP contribution in [0.5, 0.6) is 0 Å². The third kappa shape index (κ3) is 3.91. The average molecular weight is 378 g/mol. The molecule has 0 saturated carbocycles. The summed E-state index contributed by atoms with van der Waals surface area (Å²) >= 11 is 11.8. The number of carbonyl (C=O) groups excluding carboxylic acids is 1. The fourth-order valence-corrected chi connectivity index (χ4v) is 3.05.